The zero-order valence-electron chi connectivity index (χ0n) is 7.58. The molecule has 0 bridgehead atoms. The van der Waals surface area contributed by atoms with Gasteiger partial charge in [0.15, 0.2) is 11.6 Å². The lowest BCUT2D eigenvalue weighted by Gasteiger charge is -1.99. The third-order valence-electron chi connectivity index (χ3n) is 1.93. The van der Waals surface area contributed by atoms with Crippen LogP contribution in [0.4, 0.5) is 8.78 Å². The molecule has 0 saturated heterocycles. The van der Waals surface area contributed by atoms with E-state index in [1.807, 2.05) is 0 Å². The van der Waals surface area contributed by atoms with Gasteiger partial charge in [0.25, 0.3) is 0 Å². The first-order valence-corrected chi connectivity index (χ1v) is 4.96. The molecule has 0 atom stereocenters. The number of nitrogens with two attached hydrogens (primary N) is 1. The minimum absolute atomic E-state index is 0.284. The van der Waals surface area contributed by atoms with Crippen molar-refractivity contribution >= 4 is 11.5 Å². The summed E-state index contributed by atoms with van der Waals surface area (Å²) in [7, 11) is 0. The Morgan fingerprint density at radius 2 is 2.07 bits per heavy atom. The number of benzene rings is 1. The fourth-order valence-corrected chi connectivity index (χ4v) is 1.75. The van der Waals surface area contributed by atoms with Crippen LogP contribution in [0.1, 0.15) is 4.88 Å². The lowest BCUT2D eigenvalue weighted by atomic mass is 10.1. The van der Waals surface area contributed by atoms with Crippen molar-refractivity contribution in [2.45, 2.75) is 6.54 Å². The smallest absolute Gasteiger partial charge is 0.159 e. The summed E-state index contributed by atoms with van der Waals surface area (Å²) in [5.41, 5.74) is 6.47. The number of rotatable bonds is 2. The average molecular weight is 227 g/mol. The first kappa shape index (κ1) is 10.1. The van der Waals surface area contributed by atoms with Gasteiger partial charge in [-0.1, -0.05) is 4.49 Å². The molecule has 2 N–H and O–H groups in total. The molecule has 0 aliphatic rings. The van der Waals surface area contributed by atoms with Gasteiger partial charge in [-0.05, 0) is 29.7 Å². The molecule has 1 heterocycles. The third kappa shape index (κ3) is 1.86. The average Bonchev–Trinajstić information content (AvgIpc) is 2.70. The zero-order chi connectivity index (χ0) is 10.8. The largest absolute Gasteiger partial charge is 0.326 e. The maximum atomic E-state index is 13.0. The Kier molecular flexibility index (Phi) is 2.70. The molecular formula is C9H7F2N3S. The molecule has 3 nitrogen and oxygen atoms in total. The van der Waals surface area contributed by atoms with Crippen LogP contribution in [0.3, 0.4) is 0 Å². The molecule has 0 aliphatic heterocycles. The summed E-state index contributed by atoms with van der Waals surface area (Å²) in [6.45, 7) is 0.284. The predicted molar refractivity (Wildman–Crippen MR) is 53.2 cm³/mol. The molecule has 0 amide bonds. The second kappa shape index (κ2) is 4.00. The molecule has 6 heteroatoms. The Bertz CT molecular complexity index is 484. The van der Waals surface area contributed by atoms with Gasteiger partial charge >= 0.3 is 0 Å². The van der Waals surface area contributed by atoms with Gasteiger partial charge < -0.3 is 5.73 Å². The summed E-state index contributed by atoms with van der Waals surface area (Å²) in [6.07, 6.45) is 0. The van der Waals surface area contributed by atoms with E-state index in [-0.39, 0.29) is 6.54 Å². The highest BCUT2D eigenvalue weighted by atomic mass is 32.1. The van der Waals surface area contributed by atoms with Gasteiger partial charge in [0.05, 0.1) is 4.88 Å². The van der Waals surface area contributed by atoms with Crippen molar-refractivity contribution in [1.82, 2.24) is 9.59 Å². The van der Waals surface area contributed by atoms with Crippen molar-refractivity contribution in [3.63, 3.8) is 0 Å². The summed E-state index contributed by atoms with van der Waals surface area (Å²) in [5.74, 6) is -1.78. The van der Waals surface area contributed by atoms with Crippen molar-refractivity contribution in [2.75, 3.05) is 0 Å². The molecule has 78 valence electrons. The molecule has 0 saturated carbocycles. The highest BCUT2D eigenvalue weighted by Crippen LogP contribution is 2.24. The fourth-order valence-electron chi connectivity index (χ4n) is 1.21. The van der Waals surface area contributed by atoms with E-state index in [2.05, 4.69) is 9.59 Å². The first-order valence-electron chi connectivity index (χ1n) is 4.19. The van der Waals surface area contributed by atoms with Crippen molar-refractivity contribution in [3.05, 3.63) is 34.7 Å². The minimum atomic E-state index is -0.900. The Balaban J connectivity index is 2.50. The maximum Gasteiger partial charge on any atom is 0.159 e. The predicted octanol–water partition coefficient (Wildman–Crippen LogP) is 1.94. The minimum Gasteiger partial charge on any atom is -0.326 e. The lowest BCUT2D eigenvalue weighted by Crippen LogP contribution is -1.96. The summed E-state index contributed by atoms with van der Waals surface area (Å²) in [6, 6.07) is 3.60. The van der Waals surface area contributed by atoms with Gasteiger partial charge in [-0.25, -0.2) is 8.78 Å². The number of hydrogen-bond donors (Lipinski definition) is 1. The van der Waals surface area contributed by atoms with Crippen LogP contribution in [-0.4, -0.2) is 9.59 Å². The second-order valence-corrected chi connectivity index (χ2v) is 3.72. The van der Waals surface area contributed by atoms with Crippen LogP contribution in [0.2, 0.25) is 0 Å². The van der Waals surface area contributed by atoms with Gasteiger partial charge in [-0.3, -0.25) is 0 Å². The number of hydrogen-bond acceptors (Lipinski definition) is 4. The van der Waals surface area contributed by atoms with E-state index in [0.29, 0.717) is 11.3 Å². The van der Waals surface area contributed by atoms with E-state index in [0.717, 1.165) is 28.5 Å². The Morgan fingerprint density at radius 3 is 2.73 bits per heavy atom. The molecule has 0 radical (unpaired) electrons. The highest BCUT2D eigenvalue weighted by molar-refractivity contribution is 7.05. The quantitative estimate of drug-likeness (QED) is 0.853. The van der Waals surface area contributed by atoms with Gasteiger partial charge in [-0.2, -0.15) is 0 Å². The Labute approximate surface area is 88.7 Å². The topological polar surface area (TPSA) is 51.8 Å². The molecule has 2 rings (SSSR count). The lowest BCUT2D eigenvalue weighted by molar-refractivity contribution is 0.509. The summed E-state index contributed by atoms with van der Waals surface area (Å²) >= 11 is 1.15. The van der Waals surface area contributed by atoms with Gasteiger partial charge in [0.1, 0.15) is 5.69 Å². The summed E-state index contributed by atoms with van der Waals surface area (Å²) < 4.78 is 29.4. The molecule has 1 aromatic carbocycles. The molecule has 0 fully saturated rings. The van der Waals surface area contributed by atoms with Gasteiger partial charge in [-0.15, -0.1) is 5.10 Å². The Hall–Kier alpha value is -1.40. The molecule has 1 aromatic heterocycles. The van der Waals surface area contributed by atoms with Crippen molar-refractivity contribution in [1.29, 1.82) is 0 Å². The Morgan fingerprint density at radius 1 is 1.27 bits per heavy atom. The monoisotopic (exact) mass is 227 g/mol. The highest BCUT2D eigenvalue weighted by Gasteiger charge is 2.11. The van der Waals surface area contributed by atoms with Gasteiger partial charge in [0.2, 0.25) is 0 Å². The van der Waals surface area contributed by atoms with Crippen molar-refractivity contribution < 1.29 is 8.78 Å². The number of halogens is 2. The van der Waals surface area contributed by atoms with Crippen LogP contribution in [-0.2, 0) is 6.54 Å². The standard InChI is InChI=1S/C9H7F2N3S/c10-6-2-1-5(3-7(6)11)9-8(4-12)15-14-13-9/h1-3H,4,12H2. The van der Waals surface area contributed by atoms with Crippen LogP contribution in [0.15, 0.2) is 18.2 Å². The van der Waals surface area contributed by atoms with Crippen LogP contribution in [0.25, 0.3) is 11.3 Å². The first-order chi connectivity index (χ1) is 7.22. The zero-order valence-corrected chi connectivity index (χ0v) is 8.39. The van der Waals surface area contributed by atoms with E-state index >= 15 is 0 Å². The van der Waals surface area contributed by atoms with Crippen molar-refractivity contribution in [3.8, 4) is 11.3 Å². The molecular weight excluding hydrogens is 220 g/mol. The van der Waals surface area contributed by atoms with E-state index in [4.69, 9.17) is 5.73 Å². The molecule has 0 unspecified atom stereocenters. The van der Waals surface area contributed by atoms with Gasteiger partial charge in [0, 0.05) is 12.1 Å². The SMILES string of the molecule is NCc1snnc1-c1ccc(F)c(F)c1. The number of nitrogens with zero attached hydrogens (tertiary/aromatic N) is 2. The second-order valence-electron chi connectivity index (χ2n) is 2.88. The summed E-state index contributed by atoms with van der Waals surface area (Å²) in [5, 5.41) is 3.83. The fraction of sp³-hybridized carbons (Fsp3) is 0.111. The van der Waals surface area contributed by atoms with Crippen LogP contribution < -0.4 is 5.73 Å². The van der Waals surface area contributed by atoms with Crippen LogP contribution in [0.5, 0.6) is 0 Å². The summed E-state index contributed by atoms with van der Waals surface area (Å²) in [4.78, 5) is 0.751. The van der Waals surface area contributed by atoms with Crippen LogP contribution >= 0.6 is 11.5 Å². The molecule has 2 aromatic rings. The molecule has 0 aliphatic carbocycles. The third-order valence-corrected chi connectivity index (χ3v) is 2.68. The van der Waals surface area contributed by atoms with Crippen molar-refractivity contribution in [2.24, 2.45) is 5.73 Å². The van der Waals surface area contributed by atoms with E-state index in [1.54, 1.807) is 0 Å². The van der Waals surface area contributed by atoms with E-state index in [9.17, 15) is 8.78 Å². The maximum absolute atomic E-state index is 13.0. The number of aromatic nitrogens is 2. The molecule has 0 spiro atoms. The van der Waals surface area contributed by atoms with E-state index in [1.165, 1.54) is 6.07 Å². The molecule has 15 heavy (non-hydrogen) atoms. The van der Waals surface area contributed by atoms with E-state index < -0.39 is 11.6 Å². The normalized spacial score (nSPS) is 10.6. The van der Waals surface area contributed by atoms with Crippen LogP contribution in [0, 0.1) is 11.6 Å².